The van der Waals surface area contributed by atoms with Crippen LogP contribution in [-0.4, -0.2) is 25.1 Å². The highest BCUT2D eigenvalue weighted by atomic mass is 16.6. The van der Waals surface area contributed by atoms with Crippen molar-refractivity contribution in [1.29, 1.82) is 0 Å². The van der Waals surface area contributed by atoms with Crippen molar-refractivity contribution in [2.24, 2.45) is 10.4 Å². The minimum Gasteiger partial charge on any atom is -0.486 e. The molecule has 0 radical (unpaired) electrons. The highest BCUT2D eigenvalue weighted by molar-refractivity contribution is 6.08. The molecule has 5 heteroatoms. The first-order valence-electron chi connectivity index (χ1n) is 6.86. The van der Waals surface area contributed by atoms with E-state index in [1.165, 1.54) is 0 Å². The van der Waals surface area contributed by atoms with Gasteiger partial charge in [-0.15, -0.1) is 0 Å². The summed E-state index contributed by atoms with van der Waals surface area (Å²) in [6, 6.07) is 5.52. The van der Waals surface area contributed by atoms with Crippen LogP contribution >= 0.6 is 0 Å². The van der Waals surface area contributed by atoms with Gasteiger partial charge in [0.1, 0.15) is 13.2 Å². The molecule has 0 spiro atoms. The average molecular weight is 287 g/mol. The third kappa shape index (κ3) is 2.77. The lowest BCUT2D eigenvalue weighted by Crippen LogP contribution is -2.21. The van der Waals surface area contributed by atoms with Crippen LogP contribution in [0.25, 0.3) is 6.08 Å². The number of rotatable bonds is 1. The number of hydrogen-bond acceptors (Lipinski definition) is 5. The van der Waals surface area contributed by atoms with E-state index in [0.29, 0.717) is 30.6 Å². The first-order chi connectivity index (χ1) is 9.93. The van der Waals surface area contributed by atoms with Gasteiger partial charge in [0.25, 0.3) is 0 Å². The van der Waals surface area contributed by atoms with E-state index in [0.717, 1.165) is 11.3 Å². The zero-order valence-electron chi connectivity index (χ0n) is 12.3. The van der Waals surface area contributed by atoms with Crippen LogP contribution in [0.5, 0.6) is 11.5 Å². The quantitative estimate of drug-likeness (QED) is 0.588. The Morgan fingerprint density at radius 2 is 1.86 bits per heavy atom. The number of esters is 1. The van der Waals surface area contributed by atoms with Crippen molar-refractivity contribution in [1.82, 2.24) is 0 Å². The van der Waals surface area contributed by atoms with E-state index in [-0.39, 0.29) is 5.41 Å². The van der Waals surface area contributed by atoms with Crippen molar-refractivity contribution in [3.8, 4) is 11.5 Å². The van der Waals surface area contributed by atoms with Gasteiger partial charge in [0.05, 0.1) is 0 Å². The zero-order valence-corrected chi connectivity index (χ0v) is 12.3. The molecule has 0 aromatic heterocycles. The minimum atomic E-state index is -0.421. The predicted molar refractivity (Wildman–Crippen MR) is 78.4 cm³/mol. The van der Waals surface area contributed by atoms with Crippen molar-refractivity contribution in [2.45, 2.75) is 20.8 Å². The molecule has 0 saturated heterocycles. The lowest BCUT2D eigenvalue weighted by atomic mass is 9.97. The summed E-state index contributed by atoms with van der Waals surface area (Å²) < 4.78 is 16.2. The highest BCUT2D eigenvalue weighted by Crippen LogP contribution is 2.32. The Kier molecular flexibility index (Phi) is 3.20. The summed E-state index contributed by atoms with van der Waals surface area (Å²) in [4.78, 5) is 16.1. The van der Waals surface area contributed by atoms with Crippen LogP contribution in [0, 0.1) is 5.41 Å². The molecule has 0 N–H and O–H groups in total. The van der Waals surface area contributed by atoms with Crippen LogP contribution in [-0.2, 0) is 9.53 Å². The number of ether oxygens (including phenoxy) is 3. The molecular formula is C16H17NO4. The third-order valence-corrected chi connectivity index (χ3v) is 3.13. The van der Waals surface area contributed by atoms with Crippen LogP contribution in [0.3, 0.4) is 0 Å². The second-order valence-electron chi connectivity index (χ2n) is 5.99. The Labute approximate surface area is 123 Å². The Morgan fingerprint density at radius 1 is 1.14 bits per heavy atom. The number of cyclic esters (lactones) is 1. The summed E-state index contributed by atoms with van der Waals surface area (Å²) in [7, 11) is 0. The molecule has 1 aromatic carbocycles. The maximum Gasteiger partial charge on any atom is 0.363 e. The van der Waals surface area contributed by atoms with Crippen LogP contribution in [0.2, 0.25) is 0 Å². The molecule has 1 aromatic rings. The molecule has 2 heterocycles. The fourth-order valence-corrected chi connectivity index (χ4v) is 2.04. The van der Waals surface area contributed by atoms with E-state index >= 15 is 0 Å². The standard InChI is InChI=1S/C16H17NO4/c1-16(2,3)15-17-11(14(18)21-15)8-10-4-5-12-13(9-10)20-7-6-19-12/h4-5,8-9H,6-7H2,1-3H3/b11-8-. The van der Waals surface area contributed by atoms with Gasteiger partial charge in [0, 0.05) is 5.41 Å². The summed E-state index contributed by atoms with van der Waals surface area (Å²) in [5.74, 6) is 1.42. The molecule has 2 aliphatic rings. The van der Waals surface area contributed by atoms with Gasteiger partial charge in [0.15, 0.2) is 17.2 Å². The second-order valence-corrected chi connectivity index (χ2v) is 5.99. The monoisotopic (exact) mass is 287 g/mol. The summed E-state index contributed by atoms with van der Waals surface area (Å²) in [6.45, 7) is 6.94. The van der Waals surface area contributed by atoms with Crippen molar-refractivity contribution in [2.75, 3.05) is 13.2 Å². The van der Waals surface area contributed by atoms with Gasteiger partial charge in [-0.3, -0.25) is 0 Å². The topological polar surface area (TPSA) is 57.1 Å². The largest absolute Gasteiger partial charge is 0.486 e. The number of fused-ring (bicyclic) bond motifs is 1. The van der Waals surface area contributed by atoms with Gasteiger partial charge in [-0.05, 0) is 23.8 Å². The maximum absolute atomic E-state index is 11.9. The molecule has 110 valence electrons. The van der Waals surface area contributed by atoms with Crippen molar-refractivity contribution in [3.05, 3.63) is 29.5 Å². The molecule has 5 nitrogen and oxygen atoms in total. The number of carbonyl (C=O) groups is 1. The fraction of sp³-hybridized carbons (Fsp3) is 0.375. The molecule has 0 fully saturated rings. The molecule has 0 saturated carbocycles. The Hall–Kier alpha value is -2.30. The third-order valence-electron chi connectivity index (χ3n) is 3.13. The molecule has 21 heavy (non-hydrogen) atoms. The van der Waals surface area contributed by atoms with Crippen molar-refractivity contribution in [3.63, 3.8) is 0 Å². The van der Waals surface area contributed by atoms with Gasteiger partial charge in [0.2, 0.25) is 5.90 Å². The summed E-state index contributed by atoms with van der Waals surface area (Å²) >= 11 is 0. The van der Waals surface area contributed by atoms with Gasteiger partial charge in [-0.25, -0.2) is 9.79 Å². The van der Waals surface area contributed by atoms with Gasteiger partial charge >= 0.3 is 5.97 Å². The molecule has 0 amide bonds. The predicted octanol–water partition coefficient (Wildman–Crippen LogP) is 2.80. The minimum absolute atomic E-state index is 0.294. The van der Waals surface area contributed by atoms with Crippen LogP contribution in [0.1, 0.15) is 26.3 Å². The smallest absolute Gasteiger partial charge is 0.363 e. The number of carbonyl (C=O) groups excluding carboxylic acids is 1. The molecule has 0 aliphatic carbocycles. The van der Waals surface area contributed by atoms with Gasteiger partial charge in [-0.1, -0.05) is 26.8 Å². The fourth-order valence-electron chi connectivity index (χ4n) is 2.04. The average Bonchev–Trinajstić information content (AvgIpc) is 2.80. The molecular weight excluding hydrogens is 270 g/mol. The van der Waals surface area contributed by atoms with Crippen LogP contribution in [0.15, 0.2) is 28.9 Å². The molecule has 0 bridgehead atoms. The Morgan fingerprint density at radius 3 is 2.52 bits per heavy atom. The van der Waals surface area contributed by atoms with E-state index in [9.17, 15) is 4.79 Å². The molecule has 0 unspecified atom stereocenters. The van der Waals surface area contributed by atoms with E-state index in [4.69, 9.17) is 14.2 Å². The highest BCUT2D eigenvalue weighted by Gasteiger charge is 2.31. The molecule has 0 atom stereocenters. The summed E-state index contributed by atoms with van der Waals surface area (Å²) in [6.07, 6.45) is 1.69. The van der Waals surface area contributed by atoms with E-state index in [1.54, 1.807) is 6.08 Å². The normalized spacial score (nSPS) is 19.5. The lowest BCUT2D eigenvalue weighted by molar-refractivity contribution is -0.130. The second kappa shape index (κ2) is 4.91. The summed E-state index contributed by atoms with van der Waals surface area (Å²) in [5.41, 5.74) is 0.833. The first-order valence-corrected chi connectivity index (χ1v) is 6.86. The number of aliphatic imine (C=N–C) groups is 1. The number of hydrogen-bond donors (Lipinski definition) is 0. The maximum atomic E-state index is 11.9. The van der Waals surface area contributed by atoms with E-state index < -0.39 is 5.97 Å². The summed E-state index contributed by atoms with van der Waals surface area (Å²) in [5, 5.41) is 0. The SMILES string of the molecule is CC(C)(C)C1=N/C(=C\c2ccc3c(c2)OCCO3)C(=O)O1. The van der Waals surface area contributed by atoms with Crippen molar-refractivity contribution < 1.29 is 19.0 Å². The Balaban J connectivity index is 1.91. The number of benzene rings is 1. The van der Waals surface area contributed by atoms with E-state index in [1.807, 2.05) is 39.0 Å². The van der Waals surface area contributed by atoms with Gasteiger partial charge < -0.3 is 14.2 Å². The molecule has 2 aliphatic heterocycles. The van der Waals surface area contributed by atoms with E-state index in [2.05, 4.69) is 4.99 Å². The van der Waals surface area contributed by atoms with Crippen LogP contribution in [0.4, 0.5) is 0 Å². The lowest BCUT2D eigenvalue weighted by Gasteiger charge is -2.18. The molecule has 3 rings (SSSR count). The van der Waals surface area contributed by atoms with Crippen molar-refractivity contribution >= 4 is 17.9 Å². The van der Waals surface area contributed by atoms with Gasteiger partial charge in [-0.2, -0.15) is 0 Å². The Bertz CT molecular complexity index is 653. The first kappa shape index (κ1) is 13.7. The number of nitrogens with zero attached hydrogens (tertiary/aromatic N) is 1. The van der Waals surface area contributed by atoms with Crippen LogP contribution < -0.4 is 9.47 Å². The zero-order chi connectivity index (χ0) is 15.0.